The summed E-state index contributed by atoms with van der Waals surface area (Å²) in [5, 5.41) is 18.8. The molecule has 3 rings (SSSR count). The van der Waals surface area contributed by atoms with E-state index >= 15 is 0 Å². The maximum absolute atomic E-state index is 12.3. The number of aliphatic carboxylic acids is 1. The number of aromatic nitrogens is 3. The number of nitrogens with zero attached hydrogens (tertiary/aromatic N) is 3. The lowest BCUT2D eigenvalue weighted by molar-refractivity contribution is -0.142. The quantitative estimate of drug-likeness (QED) is 0.658. The molecule has 1 amide bonds. The van der Waals surface area contributed by atoms with Crippen molar-refractivity contribution in [3.05, 3.63) is 11.6 Å². The molecule has 0 spiro atoms. The number of nitrogens with one attached hydrogen (secondary N) is 2. The van der Waals surface area contributed by atoms with Crippen molar-refractivity contribution in [2.24, 2.45) is 0 Å². The minimum atomic E-state index is -1.02. The molecule has 8 nitrogen and oxygen atoms in total. The molecule has 0 aromatic carbocycles. The molecule has 1 aliphatic heterocycles. The lowest BCUT2D eigenvalue weighted by Gasteiger charge is -2.32. The summed E-state index contributed by atoms with van der Waals surface area (Å²) in [6.45, 7) is 1.18. The van der Waals surface area contributed by atoms with E-state index in [0.717, 1.165) is 18.7 Å². The molecule has 1 aliphatic carbocycles. The lowest BCUT2D eigenvalue weighted by Crippen LogP contribution is -2.57. The number of amides is 1. The number of piperazine rings is 1. The molecule has 3 N–H and O–H groups in total. The number of carboxylic acids is 1. The second-order valence-corrected chi connectivity index (χ2v) is 4.88. The van der Waals surface area contributed by atoms with Gasteiger partial charge in [0.15, 0.2) is 0 Å². The molecule has 1 saturated heterocycles. The Hall–Kier alpha value is -1.96. The number of carboxylic acid groups (broad SMARTS) is 1. The third kappa shape index (κ3) is 2.30. The Morgan fingerprint density at radius 3 is 2.84 bits per heavy atom. The number of carbonyl (C=O) groups is 2. The molecule has 1 saturated carbocycles. The van der Waals surface area contributed by atoms with Crippen LogP contribution in [0.5, 0.6) is 0 Å². The van der Waals surface area contributed by atoms with Crippen molar-refractivity contribution in [3.8, 4) is 0 Å². The van der Waals surface area contributed by atoms with Gasteiger partial charge in [0.05, 0.1) is 0 Å². The van der Waals surface area contributed by atoms with Gasteiger partial charge in [0, 0.05) is 25.6 Å². The first-order valence-electron chi connectivity index (χ1n) is 6.33. The molecule has 1 unspecified atom stereocenters. The summed E-state index contributed by atoms with van der Waals surface area (Å²) in [4.78, 5) is 28.9. The highest BCUT2D eigenvalue weighted by Crippen LogP contribution is 2.37. The highest BCUT2D eigenvalue weighted by atomic mass is 16.4. The molecule has 102 valence electrons. The van der Waals surface area contributed by atoms with E-state index in [2.05, 4.69) is 20.5 Å². The summed E-state index contributed by atoms with van der Waals surface area (Å²) in [7, 11) is 0. The van der Waals surface area contributed by atoms with Crippen molar-refractivity contribution >= 4 is 11.9 Å². The number of H-pyrrole nitrogens is 1. The summed E-state index contributed by atoms with van der Waals surface area (Å²) in [5.74, 6) is -0.261. The summed E-state index contributed by atoms with van der Waals surface area (Å²) >= 11 is 0. The molecular weight excluding hydrogens is 250 g/mol. The molecule has 1 aromatic heterocycles. The molecule has 19 heavy (non-hydrogen) atoms. The van der Waals surface area contributed by atoms with E-state index < -0.39 is 17.9 Å². The van der Waals surface area contributed by atoms with Gasteiger partial charge in [0.1, 0.15) is 11.9 Å². The number of rotatable bonds is 3. The monoisotopic (exact) mass is 265 g/mol. The second-order valence-electron chi connectivity index (χ2n) is 4.88. The Balaban J connectivity index is 1.78. The van der Waals surface area contributed by atoms with Gasteiger partial charge in [-0.3, -0.25) is 9.89 Å². The molecule has 1 atom stereocenters. The van der Waals surface area contributed by atoms with E-state index in [4.69, 9.17) is 5.11 Å². The van der Waals surface area contributed by atoms with Gasteiger partial charge in [-0.05, 0) is 12.8 Å². The van der Waals surface area contributed by atoms with Crippen molar-refractivity contribution in [1.82, 2.24) is 25.4 Å². The summed E-state index contributed by atoms with van der Waals surface area (Å²) in [6, 6.07) is -0.857. The smallest absolute Gasteiger partial charge is 0.327 e. The van der Waals surface area contributed by atoms with Gasteiger partial charge in [0.25, 0.3) is 5.91 Å². The third-order valence-electron chi connectivity index (χ3n) is 3.45. The van der Waals surface area contributed by atoms with Crippen LogP contribution in [0.15, 0.2) is 0 Å². The third-order valence-corrected chi connectivity index (χ3v) is 3.45. The zero-order valence-corrected chi connectivity index (χ0v) is 10.3. The van der Waals surface area contributed by atoms with Gasteiger partial charge >= 0.3 is 5.97 Å². The van der Waals surface area contributed by atoms with Crippen molar-refractivity contribution in [2.45, 2.75) is 24.8 Å². The Morgan fingerprint density at radius 1 is 1.37 bits per heavy atom. The molecular formula is C11H15N5O3. The van der Waals surface area contributed by atoms with Gasteiger partial charge in [-0.2, -0.15) is 0 Å². The zero-order valence-electron chi connectivity index (χ0n) is 10.3. The van der Waals surface area contributed by atoms with Crippen LogP contribution in [0.3, 0.4) is 0 Å². The Morgan fingerprint density at radius 2 is 2.16 bits per heavy atom. The molecule has 8 heteroatoms. The molecule has 2 aliphatic rings. The average molecular weight is 265 g/mol. The molecule has 0 radical (unpaired) electrons. The van der Waals surface area contributed by atoms with E-state index in [1.807, 2.05) is 0 Å². The first-order valence-corrected chi connectivity index (χ1v) is 6.33. The summed E-state index contributed by atoms with van der Waals surface area (Å²) < 4.78 is 0. The largest absolute Gasteiger partial charge is 0.480 e. The van der Waals surface area contributed by atoms with Crippen LogP contribution < -0.4 is 5.32 Å². The Kier molecular flexibility index (Phi) is 2.94. The molecule has 2 fully saturated rings. The Bertz CT molecular complexity index is 510. The topological polar surface area (TPSA) is 111 Å². The first-order chi connectivity index (χ1) is 9.16. The minimum absolute atomic E-state index is 0.0649. The lowest BCUT2D eigenvalue weighted by atomic mass is 10.2. The zero-order chi connectivity index (χ0) is 13.4. The number of hydrogen-bond acceptors (Lipinski definition) is 5. The van der Waals surface area contributed by atoms with Crippen molar-refractivity contribution in [3.63, 3.8) is 0 Å². The van der Waals surface area contributed by atoms with E-state index in [-0.39, 0.29) is 12.4 Å². The summed E-state index contributed by atoms with van der Waals surface area (Å²) in [6.07, 6.45) is 2.13. The number of carbonyl (C=O) groups excluding carboxylic acids is 1. The van der Waals surface area contributed by atoms with Crippen LogP contribution in [-0.4, -0.2) is 62.7 Å². The van der Waals surface area contributed by atoms with Crippen LogP contribution in [0.25, 0.3) is 0 Å². The van der Waals surface area contributed by atoms with Gasteiger partial charge in [-0.15, -0.1) is 5.10 Å². The molecule has 2 heterocycles. The van der Waals surface area contributed by atoms with Gasteiger partial charge in [-0.1, -0.05) is 0 Å². The van der Waals surface area contributed by atoms with E-state index in [0.29, 0.717) is 19.0 Å². The van der Waals surface area contributed by atoms with Crippen LogP contribution in [0, 0.1) is 0 Å². The normalized spacial score (nSPS) is 23.4. The number of aromatic amines is 1. The molecule has 1 aromatic rings. The van der Waals surface area contributed by atoms with Gasteiger partial charge in [0.2, 0.25) is 5.82 Å². The van der Waals surface area contributed by atoms with Crippen molar-refractivity contribution in [1.29, 1.82) is 0 Å². The van der Waals surface area contributed by atoms with E-state index in [1.165, 1.54) is 4.90 Å². The predicted molar refractivity (Wildman–Crippen MR) is 63.7 cm³/mol. The summed E-state index contributed by atoms with van der Waals surface area (Å²) in [5.41, 5.74) is 0. The Labute approximate surface area is 109 Å². The standard InChI is InChI=1S/C11H15N5O3/c17-10(9-13-8(14-15-9)6-1-2-6)16-4-3-12-5-7(16)11(18)19/h6-7,12H,1-5H2,(H,18,19)(H,13,14,15). The van der Waals surface area contributed by atoms with E-state index in [9.17, 15) is 9.59 Å². The van der Waals surface area contributed by atoms with Crippen LogP contribution >= 0.6 is 0 Å². The SMILES string of the molecule is O=C(O)C1CNCCN1C(=O)c1n[nH]c(C2CC2)n1. The van der Waals surface area contributed by atoms with Crippen molar-refractivity contribution in [2.75, 3.05) is 19.6 Å². The maximum Gasteiger partial charge on any atom is 0.327 e. The van der Waals surface area contributed by atoms with Crippen LogP contribution in [0.4, 0.5) is 0 Å². The van der Waals surface area contributed by atoms with Crippen LogP contribution in [0.2, 0.25) is 0 Å². The average Bonchev–Trinajstić information content (AvgIpc) is 3.16. The van der Waals surface area contributed by atoms with Crippen LogP contribution in [-0.2, 0) is 4.79 Å². The fourth-order valence-corrected chi connectivity index (χ4v) is 2.21. The second kappa shape index (κ2) is 4.61. The van der Waals surface area contributed by atoms with Gasteiger partial charge < -0.3 is 15.3 Å². The number of hydrogen-bond donors (Lipinski definition) is 3. The minimum Gasteiger partial charge on any atom is -0.480 e. The maximum atomic E-state index is 12.3. The van der Waals surface area contributed by atoms with E-state index in [1.54, 1.807) is 0 Å². The molecule has 0 bridgehead atoms. The fourth-order valence-electron chi connectivity index (χ4n) is 2.21. The fraction of sp³-hybridized carbons (Fsp3) is 0.636. The van der Waals surface area contributed by atoms with Crippen LogP contribution in [0.1, 0.15) is 35.2 Å². The predicted octanol–water partition coefficient (Wildman–Crippen LogP) is -0.819. The van der Waals surface area contributed by atoms with Gasteiger partial charge in [-0.25, -0.2) is 9.78 Å². The van der Waals surface area contributed by atoms with Crippen molar-refractivity contribution < 1.29 is 14.7 Å². The highest BCUT2D eigenvalue weighted by Gasteiger charge is 2.35. The first kappa shape index (κ1) is 12.1. The highest BCUT2D eigenvalue weighted by molar-refractivity contribution is 5.93.